The maximum atomic E-state index is 10.1. The van der Waals surface area contributed by atoms with Crippen LogP contribution in [-0.4, -0.2) is 21.9 Å². The Morgan fingerprint density at radius 3 is 1.13 bits per heavy atom. The van der Waals surface area contributed by atoms with Crippen molar-refractivity contribution in [3.63, 3.8) is 0 Å². The van der Waals surface area contributed by atoms with E-state index in [0.717, 1.165) is 0 Å². The van der Waals surface area contributed by atoms with E-state index in [1.165, 1.54) is 24.3 Å². The molecule has 6 nitrogen and oxygen atoms in total. The maximum absolute atomic E-state index is 10.1. The number of nitrogens with zero attached hydrogens (tertiary/aromatic N) is 1. The number of aromatic carboxylic acids is 2. The first kappa shape index (κ1) is 26.4. The van der Waals surface area contributed by atoms with Crippen molar-refractivity contribution in [2.45, 2.75) is 0 Å². The molecule has 0 unspecified atom stereocenters. The van der Waals surface area contributed by atoms with Crippen molar-refractivity contribution in [1.29, 1.82) is 0 Å². The van der Waals surface area contributed by atoms with Crippen LogP contribution in [0.4, 0.5) is 0 Å². The van der Waals surface area contributed by atoms with Crippen LogP contribution >= 0.6 is 0 Å². The second-order valence-electron chi connectivity index (χ2n) is 5.22. The van der Waals surface area contributed by atoms with Crippen molar-refractivity contribution in [2.24, 2.45) is 0 Å². The third-order valence-corrected chi connectivity index (χ3v) is 3.08. The maximum Gasteiger partial charge on any atom is 2.00 e. The molecule has 0 aliphatic heterocycles. The first-order valence-electron chi connectivity index (χ1n) is 8.56. The largest absolute Gasteiger partial charge is 2.00 e. The van der Waals surface area contributed by atoms with Crippen LogP contribution in [0.3, 0.4) is 0 Å². The molecule has 2 aromatic carbocycles. The van der Waals surface area contributed by atoms with Crippen molar-refractivity contribution in [3.05, 3.63) is 127 Å². The summed E-state index contributed by atoms with van der Waals surface area (Å²) in [4.78, 5) is 26.8. The molecular formula is C23H20N2O4Zn. The fourth-order valence-corrected chi connectivity index (χ4v) is 1.74. The molecule has 0 fully saturated rings. The minimum absolute atomic E-state index is 0. The van der Waals surface area contributed by atoms with Gasteiger partial charge >= 0.3 is 19.5 Å². The zero-order valence-electron chi connectivity index (χ0n) is 16.3. The van der Waals surface area contributed by atoms with Crippen LogP contribution in [0.5, 0.6) is 0 Å². The van der Waals surface area contributed by atoms with Gasteiger partial charge in [0.15, 0.2) is 0 Å². The van der Waals surface area contributed by atoms with Crippen LogP contribution in [0.2, 0.25) is 0 Å². The summed E-state index contributed by atoms with van der Waals surface area (Å²) in [5.74, 6) is -2.26. The Labute approximate surface area is 188 Å². The SMILES string of the molecule is O=C([O-])c1ccccc1.O=C([O-])c1ccccc1.[Zn+2].c1cc[nH]c1.c1ccncc1. The molecule has 7 heteroatoms. The molecule has 1 N–H and O–H groups in total. The predicted molar refractivity (Wildman–Crippen MR) is 107 cm³/mol. The third-order valence-electron chi connectivity index (χ3n) is 3.08. The van der Waals surface area contributed by atoms with E-state index in [1.807, 2.05) is 42.7 Å². The summed E-state index contributed by atoms with van der Waals surface area (Å²) in [5, 5.41) is 20.2. The van der Waals surface area contributed by atoms with Crippen LogP contribution in [-0.2, 0) is 19.5 Å². The number of carboxylic acid groups (broad SMARTS) is 2. The molecule has 148 valence electrons. The molecule has 0 aliphatic carbocycles. The zero-order valence-corrected chi connectivity index (χ0v) is 19.2. The van der Waals surface area contributed by atoms with Crippen LogP contribution in [0.1, 0.15) is 20.7 Å². The molecule has 0 saturated carbocycles. The molecule has 2 heterocycles. The van der Waals surface area contributed by atoms with Crippen molar-refractivity contribution in [2.75, 3.05) is 0 Å². The Hall–Kier alpha value is -3.57. The van der Waals surface area contributed by atoms with Crippen LogP contribution in [0.25, 0.3) is 0 Å². The topological polar surface area (TPSA) is 109 Å². The average molecular weight is 454 g/mol. The smallest absolute Gasteiger partial charge is 0.545 e. The summed E-state index contributed by atoms with van der Waals surface area (Å²) in [7, 11) is 0. The van der Waals surface area contributed by atoms with Gasteiger partial charge in [0.2, 0.25) is 0 Å². The molecular weight excluding hydrogens is 434 g/mol. The van der Waals surface area contributed by atoms with Crippen molar-refractivity contribution in [1.82, 2.24) is 9.97 Å². The number of carbonyl (C=O) groups excluding carboxylic acids is 2. The van der Waals surface area contributed by atoms with Crippen molar-refractivity contribution in [3.8, 4) is 0 Å². The van der Waals surface area contributed by atoms with E-state index in [9.17, 15) is 19.8 Å². The van der Waals surface area contributed by atoms with Gasteiger partial charge in [0, 0.05) is 24.8 Å². The second-order valence-corrected chi connectivity index (χ2v) is 5.22. The molecule has 0 saturated heterocycles. The van der Waals surface area contributed by atoms with Gasteiger partial charge in [-0.15, -0.1) is 0 Å². The number of aromatic nitrogens is 2. The number of rotatable bonds is 2. The number of carboxylic acids is 2. The Balaban J connectivity index is 0.000000379. The molecule has 4 rings (SSSR count). The summed E-state index contributed by atoms with van der Waals surface area (Å²) in [6, 6.07) is 25.7. The summed E-state index contributed by atoms with van der Waals surface area (Å²) in [6.07, 6.45) is 7.25. The predicted octanol–water partition coefficient (Wildman–Crippen LogP) is 2.19. The van der Waals surface area contributed by atoms with Crippen LogP contribution in [0, 0.1) is 0 Å². The molecule has 2 aromatic heterocycles. The molecule has 30 heavy (non-hydrogen) atoms. The van der Waals surface area contributed by atoms with Gasteiger partial charge in [-0.3, -0.25) is 4.98 Å². The number of nitrogens with one attached hydrogen (secondary N) is 1. The molecule has 0 atom stereocenters. The number of pyridine rings is 1. The summed E-state index contributed by atoms with van der Waals surface area (Å²) in [6.45, 7) is 0. The molecule has 0 amide bonds. The van der Waals surface area contributed by atoms with E-state index in [2.05, 4.69) is 9.97 Å². The molecule has 0 spiro atoms. The van der Waals surface area contributed by atoms with Gasteiger partial charge in [0.25, 0.3) is 0 Å². The number of hydrogen-bond acceptors (Lipinski definition) is 5. The minimum Gasteiger partial charge on any atom is -0.545 e. The van der Waals surface area contributed by atoms with Gasteiger partial charge in [0.1, 0.15) is 0 Å². The molecule has 0 radical (unpaired) electrons. The standard InChI is InChI=1S/2C7H6O2.C5H5N.C4H5N.Zn/c2*8-7(9)6-4-2-1-3-5-6;1-2-4-6-5-3-1;1-2-4-5-3-1;/h2*1-5H,(H,8,9);1-5H;1-5H;/q;;;;+2/p-2. The first-order chi connectivity index (χ1) is 14.1. The Morgan fingerprint density at radius 1 is 0.600 bits per heavy atom. The third kappa shape index (κ3) is 13.6. The monoisotopic (exact) mass is 452 g/mol. The van der Waals surface area contributed by atoms with E-state index in [1.54, 1.807) is 48.8 Å². The number of H-pyrrole nitrogens is 1. The van der Waals surface area contributed by atoms with Crippen LogP contribution < -0.4 is 10.2 Å². The molecule has 4 aromatic rings. The average Bonchev–Trinajstić information content (AvgIpc) is 3.37. The van der Waals surface area contributed by atoms with Crippen molar-refractivity contribution < 1.29 is 39.3 Å². The van der Waals surface area contributed by atoms with Gasteiger partial charge in [-0.1, -0.05) is 66.7 Å². The number of carbonyl (C=O) groups is 2. The van der Waals surface area contributed by atoms with Crippen LogP contribution in [0.15, 0.2) is 116 Å². The molecule has 0 bridgehead atoms. The van der Waals surface area contributed by atoms with Gasteiger partial charge in [-0.25, -0.2) is 0 Å². The normalized spacial score (nSPS) is 8.27. The fourth-order valence-electron chi connectivity index (χ4n) is 1.74. The quantitative estimate of drug-likeness (QED) is 0.468. The number of hydrogen-bond donors (Lipinski definition) is 1. The van der Waals surface area contributed by atoms with Gasteiger partial charge in [-0.05, 0) is 35.4 Å². The minimum atomic E-state index is -1.13. The van der Waals surface area contributed by atoms with E-state index < -0.39 is 11.9 Å². The Kier molecular flexibility index (Phi) is 15.4. The van der Waals surface area contributed by atoms with E-state index >= 15 is 0 Å². The van der Waals surface area contributed by atoms with Gasteiger partial charge < -0.3 is 24.8 Å². The second kappa shape index (κ2) is 17.5. The van der Waals surface area contributed by atoms with E-state index in [4.69, 9.17) is 0 Å². The summed E-state index contributed by atoms with van der Waals surface area (Å²) >= 11 is 0. The summed E-state index contributed by atoms with van der Waals surface area (Å²) < 4.78 is 0. The van der Waals surface area contributed by atoms with E-state index in [0.29, 0.717) is 0 Å². The fraction of sp³-hybridized carbons (Fsp3) is 0. The zero-order chi connectivity index (χ0) is 21.2. The van der Waals surface area contributed by atoms with E-state index in [-0.39, 0.29) is 30.6 Å². The van der Waals surface area contributed by atoms with Crippen molar-refractivity contribution >= 4 is 11.9 Å². The Morgan fingerprint density at radius 2 is 0.967 bits per heavy atom. The number of aromatic amines is 1. The van der Waals surface area contributed by atoms with Gasteiger partial charge in [0.05, 0.1) is 11.9 Å². The molecule has 0 aliphatic rings. The summed E-state index contributed by atoms with van der Waals surface area (Å²) in [5.41, 5.74) is 0.440. The first-order valence-corrected chi connectivity index (χ1v) is 8.56. The number of benzene rings is 2. The Bertz CT molecular complexity index is 810. The van der Waals surface area contributed by atoms with Gasteiger partial charge in [-0.2, -0.15) is 0 Å².